The second kappa shape index (κ2) is 5.40. The van der Waals surface area contributed by atoms with Gasteiger partial charge >= 0.3 is 5.97 Å². The number of nitrogens with zero attached hydrogens (tertiary/aromatic N) is 1. The van der Waals surface area contributed by atoms with Gasteiger partial charge in [0.25, 0.3) is 0 Å². The predicted molar refractivity (Wildman–Crippen MR) is 73.1 cm³/mol. The minimum Gasteiger partial charge on any atom is -0.508 e. The number of carboxylic acids is 1. The fourth-order valence-electron chi connectivity index (χ4n) is 3.25. The number of aromatic hydroxyl groups is 1. The van der Waals surface area contributed by atoms with Gasteiger partial charge < -0.3 is 10.2 Å². The van der Waals surface area contributed by atoms with E-state index in [2.05, 4.69) is 0 Å². The number of halogens is 1. The Morgan fingerprint density at radius 2 is 2.25 bits per heavy atom. The Hall–Kier alpha value is -1.62. The molecular formula is C15H20FNO3. The van der Waals surface area contributed by atoms with Crippen molar-refractivity contribution in [1.29, 1.82) is 0 Å². The zero-order chi connectivity index (χ0) is 14.9. The molecule has 0 amide bonds. The fraction of sp³-hybridized carbons (Fsp3) is 0.533. The van der Waals surface area contributed by atoms with Crippen LogP contribution in [0.25, 0.3) is 0 Å². The lowest BCUT2D eigenvalue weighted by atomic mass is 9.90. The topological polar surface area (TPSA) is 60.8 Å². The summed E-state index contributed by atoms with van der Waals surface area (Å²) in [6, 6.07) is 3.44. The van der Waals surface area contributed by atoms with Crippen LogP contribution in [-0.2, 0) is 4.79 Å². The largest absolute Gasteiger partial charge is 0.508 e. The number of phenols is 1. The molecule has 2 N–H and O–H groups in total. The Morgan fingerprint density at radius 3 is 2.85 bits per heavy atom. The molecule has 2 unspecified atom stereocenters. The Kier molecular flexibility index (Phi) is 3.99. The highest BCUT2D eigenvalue weighted by molar-refractivity contribution is 5.79. The van der Waals surface area contributed by atoms with E-state index in [-0.39, 0.29) is 11.8 Å². The van der Waals surface area contributed by atoms with E-state index in [1.807, 2.05) is 18.7 Å². The number of carbonyl (C=O) groups is 1. The first kappa shape index (κ1) is 14.8. The molecule has 2 rings (SSSR count). The zero-order valence-corrected chi connectivity index (χ0v) is 11.8. The van der Waals surface area contributed by atoms with E-state index in [1.54, 1.807) is 0 Å². The molecule has 0 aromatic heterocycles. The average Bonchev–Trinajstić information content (AvgIpc) is 2.85. The van der Waals surface area contributed by atoms with E-state index in [9.17, 15) is 19.4 Å². The summed E-state index contributed by atoms with van der Waals surface area (Å²) in [5.74, 6) is -1.28. The van der Waals surface area contributed by atoms with E-state index >= 15 is 0 Å². The zero-order valence-electron chi connectivity index (χ0n) is 11.8. The lowest BCUT2D eigenvalue weighted by molar-refractivity contribution is -0.151. The molecule has 0 radical (unpaired) electrons. The van der Waals surface area contributed by atoms with Crippen molar-refractivity contribution < 1.29 is 19.4 Å². The molecule has 1 aromatic carbocycles. The Bertz CT molecular complexity index is 520. The molecule has 1 heterocycles. The molecule has 0 saturated carbocycles. The van der Waals surface area contributed by atoms with Crippen LogP contribution >= 0.6 is 0 Å². The molecule has 1 saturated heterocycles. The maximum atomic E-state index is 13.4. The second-order valence-corrected chi connectivity index (χ2v) is 5.37. The number of benzene rings is 1. The summed E-state index contributed by atoms with van der Waals surface area (Å²) in [6.45, 7) is 4.30. The molecule has 110 valence electrons. The summed E-state index contributed by atoms with van der Waals surface area (Å²) >= 11 is 0. The van der Waals surface area contributed by atoms with Gasteiger partial charge in [-0.3, -0.25) is 9.69 Å². The Morgan fingerprint density at radius 1 is 1.55 bits per heavy atom. The summed E-state index contributed by atoms with van der Waals surface area (Å²) in [7, 11) is 0. The molecule has 0 aliphatic carbocycles. The van der Waals surface area contributed by atoms with Crippen molar-refractivity contribution in [1.82, 2.24) is 4.90 Å². The molecule has 5 heteroatoms. The minimum atomic E-state index is -0.918. The van der Waals surface area contributed by atoms with Gasteiger partial charge in [0.15, 0.2) is 0 Å². The maximum Gasteiger partial charge on any atom is 0.324 e. The third-order valence-electron chi connectivity index (χ3n) is 4.43. The van der Waals surface area contributed by atoms with Gasteiger partial charge in [-0.1, -0.05) is 6.92 Å². The standard InChI is InChI=1S/C15H20FNO3/c1-3-15(14(19)20)7-4-8-17(15)10(2)12-9-11(16)5-6-13(12)18/h5-6,9-10,18H,3-4,7-8H2,1-2H3,(H,19,20). The van der Waals surface area contributed by atoms with Crippen molar-refractivity contribution in [3.05, 3.63) is 29.6 Å². The fourth-order valence-corrected chi connectivity index (χ4v) is 3.25. The van der Waals surface area contributed by atoms with Crippen LogP contribution < -0.4 is 0 Å². The number of hydrogen-bond acceptors (Lipinski definition) is 3. The van der Waals surface area contributed by atoms with Crippen LogP contribution in [0.15, 0.2) is 18.2 Å². The summed E-state index contributed by atoms with van der Waals surface area (Å²) in [6.07, 6.45) is 1.86. The van der Waals surface area contributed by atoms with Crippen molar-refractivity contribution in [3.63, 3.8) is 0 Å². The number of phenolic OH excluding ortho intramolecular Hbond substituents is 1. The number of aliphatic carboxylic acids is 1. The van der Waals surface area contributed by atoms with E-state index in [0.717, 1.165) is 6.42 Å². The third kappa shape index (κ3) is 2.26. The van der Waals surface area contributed by atoms with Crippen molar-refractivity contribution in [2.75, 3.05) is 6.54 Å². The number of carboxylic acid groups (broad SMARTS) is 1. The van der Waals surface area contributed by atoms with E-state index in [4.69, 9.17) is 0 Å². The normalized spacial score (nSPS) is 24.8. The highest BCUT2D eigenvalue weighted by Gasteiger charge is 2.48. The molecule has 4 nitrogen and oxygen atoms in total. The Labute approximate surface area is 117 Å². The number of likely N-dealkylation sites (tertiary alicyclic amines) is 1. The van der Waals surface area contributed by atoms with Crippen LogP contribution in [0.1, 0.15) is 44.7 Å². The predicted octanol–water partition coefficient (Wildman–Crippen LogP) is 2.92. The highest BCUT2D eigenvalue weighted by Crippen LogP contribution is 2.41. The third-order valence-corrected chi connectivity index (χ3v) is 4.43. The van der Waals surface area contributed by atoms with Crippen molar-refractivity contribution in [2.45, 2.75) is 44.7 Å². The first-order valence-electron chi connectivity index (χ1n) is 6.91. The van der Waals surface area contributed by atoms with Crippen LogP contribution in [0, 0.1) is 5.82 Å². The SMILES string of the molecule is CCC1(C(=O)O)CCCN1C(C)c1cc(F)ccc1O. The monoisotopic (exact) mass is 281 g/mol. The van der Waals surface area contributed by atoms with Gasteiger partial charge in [0.1, 0.15) is 17.1 Å². The van der Waals surface area contributed by atoms with Crippen LogP contribution in [0.4, 0.5) is 4.39 Å². The van der Waals surface area contributed by atoms with Crippen molar-refractivity contribution in [2.24, 2.45) is 0 Å². The molecule has 1 fully saturated rings. The number of rotatable bonds is 4. The van der Waals surface area contributed by atoms with Crippen molar-refractivity contribution in [3.8, 4) is 5.75 Å². The van der Waals surface area contributed by atoms with Gasteiger partial charge in [0.2, 0.25) is 0 Å². The molecule has 2 atom stereocenters. The van der Waals surface area contributed by atoms with Gasteiger partial charge in [-0.15, -0.1) is 0 Å². The first-order valence-corrected chi connectivity index (χ1v) is 6.91. The molecule has 0 bridgehead atoms. The van der Waals surface area contributed by atoms with Gasteiger partial charge in [-0.2, -0.15) is 0 Å². The molecule has 1 aliphatic heterocycles. The van der Waals surface area contributed by atoms with E-state index in [0.29, 0.717) is 24.9 Å². The van der Waals surface area contributed by atoms with E-state index in [1.165, 1.54) is 18.2 Å². The second-order valence-electron chi connectivity index (χ2n) is 5.37. The maximum absolute atomic E-state index is 13.4. The smallest absolute Gasteiger partial charge is 0.324 e. The van der Waals surface area contributed by atoms with Gasteiger partial charge in [-0.05, 0) is 50.9 Å². The lowest BCUT2D eigenvalue weighted by Gasteiger charge is -2.38. The molecule has 20 heavy (non-hydrogen) atoms. The van der Waals surface area contributed by atoms with Crippen LogP contribution in [0.2, 0.25) is 0 Å². The van der Waals surface area contributed by atoms with Gasteiger partial charge in [-0.25, -0.2) is 4.39 Å². The quantitative estimate of drug-likeness (QED) is 0.891. The number of hydrogen-bond donors (Lipinski definition) is 2. The van der Waals surface area contributed by atoms with E-state index < -0.39 is 17.3 Å². The summed E-state index contributed by atoms with van der Waals surface area (Å²) < 4.78 is 13.4. The molecule has 1 aliphatic rings. The summed E-state index contributed by atoms with van der Waals surface area (Å²) in [4.78, 5) is 13.5. The van der Waals surface area contributed by atoms with Crippen LogP contribution in [0.5, 0.6) is 5.75 Å². The molecular weight excluding hydrogens is 261 g/mol. The van der Waals surface area contributed by atoms with Gasteiger partial charge in [0.05, 0.1) is 0 Å². The van der Waals surface area contributed by atoms with Gasteiger partial charge in [0, 0.05) is 11.6 Å². The van der Waals surface area contributed by atoms with Crippen molar-refractivity contribution >= 4 is 5.97 Å². The first-order chi connectivity index (χ1) is 9.42. The summed E-state index contributed by atoms with van der Waals surface area (Å²) in [5.41, 5.74) is -0.482. The summed E-state index contributed by atoms with van der Waals surface area (Å²) in [5, 5.41) is 19.5. The minimum absolute atomic E-state index is 0.00110. The molecule has 1 aromatic rings. The average molecular weight is 281 g/mol. The Balaban J connectivity index is 2.39. The van der Waals surface area contributed by atoms with Crippen LogP contribution in [0.3, 0.4) is 0 Å². The highest BCUT2D eigenvalue weighted by atomic mass is 19.1. The lowest BCUT2D eigenvalue weighted by Crippen LogP contribution is -2.50. The van der Waals surface area contributed by atoms with Crippen LogP contribution in [-0.4, -0.2) is 33.2 Å². The molecule has 0 spiro atoms.